The molecule has 0 bridgehead atoms. The molecule has 0 saturated carbocycles. The Hall–Kier alpha value is -1.83. The lowest BCUT2D eigenvalue weighted by Crippen LogP contribution is -2.00. The van der Waals surface area contributed by atoms with E-state index in [4.69, 9.17) is 10.3 Å². The van der Waals surface area contributed by atoms with E-state index in [-0.39, 0.29) is 27.9 Å². The first kappa shape index (κ1) is 13.2. The molecular formula is C10H12N2O4S. The number of nitrogens with two attached hydrogens (primary N) is 1. The van der Waals surface area contributed by atoms with Crippen molar-refractivity contribution >= 4 is 26.6 Å². The van der Waals surface area contributed by atoms with Gasteiger partial charge in [-0.1, -0.05) is 24.3 Å². The molecule has 17 heavy (non-hydrogen) atoms. The number of rotatable bonds is 1. The lowest BCUT2D eigenvalue weighted by molar-refractivity contribution is 0.469. The highest BCUT2D eigenvalue weighted by molar-refractivity contribution is 7.86. The Balaban J connectivity index is 0.00000144. The first-order chi connectivity index (χ1) is 7.41. The van der Waals surface area contributed by atoms with Crippen molar-refractivity contribution in [2.45, 2.75) is 4.90 Å². The molecule has 0 atom stereocenters. The molecule has 0 aliphatic rings. The Bertz CT molecular complexity index is 667. The zero-order valence-electron chi connectivity index (χ0n) is 8.79. The zero-order valence-corrected chi connectivity index (χ0v) is 9.61. The number of benzene rings is 2. The summed E-state index contributed by atoms with van der Waals surface area (Å²) in [5, 5.41) is 10.1. The molecule has 0 saturated heterocycles. The second-order valence-electron chi connectivity index (χ2n) is 3.33. The number of hydrogen-bond donors (Lipinski definition) is 4. The van der Waals surface area contributed by atoms with E-state index >= 15 is 0 Å². The van der Waals surface area contributed by atoms with Crippen LogP contribution in [0.2, 0.25) is 0 Å². The van der Waals surface area contributed by atoms with Crippen LogP contribution in [0, 0.1) is 0 Å². The number of phenols is 1. The number of phenolic OH excluding ortho intramolecular Hbond substituents is 1. The summed E-state index contributed by atoms with van der Waals surface area (Å²) in [5.74, 6) is -0.369. The molecule has 0 amide bonds. The molecule has 92 valence electrons. The molecule has 7 N–H and O–H groups in total. The van der Waals surface area contributed by atoms with Gasteiger partial charge in [0.25, 0.3) is 10.1 Å². The average Bonchev–Trinajstić information content (AvgIpc) is 2.22. The van der Waals surface area contributed by atoms with E-state index in [0.717, 1.165) is 6.07 Å². The van der Waals surface area contributed by atoms with Gasteiger partial charge in [-0.3, -0.25) is 4.55 Å². The van der Waals surface area contributed by atoms with Gasteiger partial charge in [-0.15, -0.1) is 0 Å². The minimum absolute atomic E-state index is 0. The highest BCUT2D eigenvalue weighted by Gasteiger charge is 2.17. The lowest BCUT2D eigenvalue weighted by atomic mass is 10.1. The minimum atomic E-state index is -4.38. The first-order valence-corrected chi connectivity index (χ1v) is 5.83. The highest BCUT2D eigenvalue weighted by atomic mass is 32.2. The van der Waals surface area contributed by atoms with E-state index in [0.29, 0.717) is 5.39 Å². The summed E-state index contributed by atoms with van der Waals surface area (Å²) in [5.41, 5.74) is 5.69. The van der Waals surface area contributed by atoms with Crippen molar-refractivity contribution in [2.24, 2.45) is 0 Å². The zero-order chi connectivity index (χ0) is 11.9. The van der Waals surface area contributed by atoms with Crippen LogP contribution in [0.5, 0.6) is 5.75 Å². The van der Waals surface area contributed by atoms with Gasteiger partial charge in [0, 0.05) is 16.8 Å². The van der Waals surface area contributed by atoms with Gasteiger partial charge in [0.1, 0.15) is 10.6 Å². The van der Waals surface area contributed by atoms with Gasteiger partial charge in [0.15, 0.2) is 0 Å². The molecule has 6 nitrogen and oxygen atoms in total. The predicted octanol–water partition coefficient (Wildman–Crippen LogP) is 1.54. The smallest absolute Gasteiger partial charge is 0.295 e. The molecule has 0 aromatic heterocycles. The number of aromatic hydroxyl groups is 1. The third-order valence-electron chi connectivity index (χ3n) is 2.30. The summed E-state index contributed by atoms with van der Waals surface area (Å²) in [4.78, 5) is -0.352. The Morgan fingerprint density at radius 2 is 1.65 bits per heavy atom. The lowest BCUT2D eigenvalue weighted by Gasteiger charge is -2.08. The molecule has 0 radical (unpaired) electrons. The number of nitrogen functional groups attached to an aromatic ring is 1. The summed E-state index contributed by atoms with van der Waals surface area (Å²) in [6.45, 7) is 0. The maximum absolute atomic E-state index is 11.1. The summed E-state index contributed by atoms with van der Waals surface area (Å²) >= 11 is 0. The van der Waals surface area contributed by atoms with E-state index in [9.17, 15) is 13.5 Å². The van der Waals surface area contributed by atoms with Gasteiger partial charge >= 0.3 is 0 Å². The topological polar surface area (TPSA) is 136 Å². The van der Waals surface area contributed by atoms with Crippen molar-refractivity contribution in [1.82, 2.24) is 6.15 Å². The number of anilines is 1. The first-order valence-electron chi connectivity index (χ1n) is 4.39. The van der Waals surface area contributed by atoms with Crippen LogP contribution in [0.4, 0.5) is 5.69 Å². The van der Waals surface area contributed by atoms with Crippen molar-refractivity contribution in [3.8, 4) is 5.75 Å². The minimum Gasteiger partial charge on any atom is -0.506 e. The maximum Gasteiger partial charge on any atom is 0.295 e. The Kier molecular flexibility index (Phi) is 3.28. The van der Waals surface area contributed by atoms with Gasteiger partial charge in [0.2, 0.25) is 0 Å². The van der Waals surface area contributed by atoms with Gasteiger partial charge in [-0.2, -0.15) is 8.42 Å². The molecule has 7 heteroatoms. The Morgan fingerprint density at radius 3 is 2.18 bits per heavy atom. The van der Waals surface area contributed by atoms with Gasteiger partial charge in [0.05, 0.1) is 5.69 Å². The van der Waals surface area contributed by atoms with Crippen molar-refractivity contribution in [3.05, 3.63) is 30.3 Å². The normalized spacial score (nSPS) is 11.1. The van der Waals surface area contributed by atoms with E-state index < -0.39 is 10.1 Å². The van der Waals surface area contributed by atoms with E-state index in [1.807, 2.05) is 0 Å². The highest BCUT2D eigenvalue weighted by Crippen LogP contribution is 2.34. The third-order valence-corrected chi connectivity index (χ3v) is 3.20. The standard InChI is InChI=1S/C10H9NO4S.H3N/c11-10-7-4-2-1-3-6(7)9(5-8(10)12)16(13,14)15;/h1-5,12H,11H2,(H,13,14,15);1H3. The Morgan fingerprint density at radius 1 is 1.12 bits per heavy atom. The van der Waals surface area contributed by atoms with Gasteiger partial charge in [-0.05, 0) is 0 Å². The number of hydrogen-bond acceptors (Lipinski definition) is 5. The summed E-state index contributed by atoms with van der Waals surface area (Å²) in [7, 11) is -4.38. The molecule has 0 heterocycles. The molecular weight excluding hydrogens is 244 g/mol. The Labute approximate surface area is 98.0 Å². The fraction of sp³-hybridized carbons (Fsp3) is 0. The molecule has 2 aromatic rings. The van der Waals surface area contributed by atoms with Crippen LogP contribution >= 0.6 is 0 Å². The van der Waals surface area contributed by atoms with Crippen molar-refractivity contribution in [1.29, 1.82) is 0 Å². The third kappa shape index (κ3) is 2.16. The van der Waals surface area contributed by atoms with Crippen LogP contribution in [0.3, 0.4) is 0 Å². The average molecular weight is 256 g/mol. The van der Waals surface area contributed by atoms with Crippen molar-refractivity contribution in [3.63, 3.8) is 0 Å². The molecule has 2 rings (SSSR count). The van der Waals surface area contributed by atoms with Gasteiger partial charge < -0.3 is 17.0 Å². The van der Waals surface area contributed by atoms with Crippen LogP contribution in [0.15, 0.2) is 35.2 Å². The maximum atomic E-state index is 11.1. The fourth-order valence-electron chi connectivity index (χ4n) is 1.56. The van der Waals surface area contributed by atoms with Crippen LogP contribution in [-0.4, -0.2) is 18.1 Å². The molecule has 2 aromatic carbocycles. The SMILES string of the molecule is N.Nc1c(O)cc(S(=O)(=O)O)c2ccccc12. The molecule has 0 unspecified atom stereocenters. The summed E-state index contributed by atoms with van der Waals surface area (Å²) < 4.78 is 31.3. The number of fused-ring (bicyclic) bond motifs is 1. The van der Waals surface area contributed by atoms with Crippen molar-refractivity contribution < 1.29 is 18.1 Å². The van der Waals surface area contributed by atoms with E-state index in [2.05, 4.69) is 0 Å². The monoisotopic (exact) mass is 256 g/mol. The van der Waals surface area contributed by atoms with Crippen LogP contribution in [-0.2, 0) is 10.1 Å². The molecule has 0 fully saturated rings. The summed E-state index contributed by atoms with van der Waals surface area (Å²) in [6, 6.07) is 7.29. The second-order valence-corrected chi connectivity index (χ2v) is 4.72. The largest absolute Gasteiger partial charge is 0.506 e. The second kappa shape index (κ2) is 4.21. The molecule has 0 aliphatic carbocycles. The summed E-state index contributed by atoms with van der Waals surface area (Å²) in [6.07, 6.45) is 0. The quantitative estimate of drug-likeness (QED) is 0.347. The fourth-order valence-corrected chi connectivity index (χ4v) is 2.28. The van der Waals surface area contributed by atoms with Crippen molar-refractivity contribution in [2.75, 3.05) is 5.73 Å². The van der Waals surface area contributed by atoms with Gasteiger partial charge in [-0.25, -0.2) is 0 Å². The molecule has 0 aliphatic heterocycles. The predicted molar refractivity (Wildman–Crippen MR) is 64.9 cm³/mol. The van der Waals surface area contributed by atoms with E-state index in [1.54, 1.807) is 18.2 Å². The van der Waals surface area contributed by atoms with Crippen LogP contribution in [0.1, 0.15) is 0 Å². The van der Waals surface area contributed by atoms with E-state index in [1.165, 1.54) is 6.07 Å². The van der Waals surface area contributed by atoms with Crippen LogP contribution < -0.4 is 11.9 Å². The molecule has 0 spiro atoms. The van der Waals surface area contributed by atoms with Crippen LogP contribution in [0.25, 0.3) is 10.8 Å².